The number of aliphatic imine (C=N–C) groups is 2. The second kappa shape index (κ2) is 4.80. The van der Waals surface area contributed by atoms with E-state index in [9.17, 15) is 9.90 Å². The van der Waals surface area contributed by atoms with Crippen LogP contribution >= 0.6 is 15.9 Å². The van der Waals surface area contributed by atoms with E-state index in [1.807, 2.05) is 0 Å². The van der Waals surface area contributed by atoms with Crippen LogP contribution in [0.4, 0.5) is 0 Å². The fraction of sp³-hybridized carbons (Fsp3) is 0.300. The van der Waals surface area contributed by atoms with E-state index >= 15 is 0 Å². The van der Waals surface area contributed by atoms with Crippen molar-refractivity contribution < 1.29 is 14.6 Å². The van der Waals surface area contributed by atoms with Crippen LogP contribution in [0.15, 0.2) is 32.6 Å². The van der Waals surface area contributed by atoms with E-state index in [4.69, 9.17) is 4.74 Å². The summed E-state index contributed by atoms with van der Waals surface area (Å²) < 4.78 is 5.37. The average molecular weight is 300 g/mol. The van der Waals surface area contributed by atoms with Gasteiger partial charge in [0.25, 0.3) is 0 Å². The summed E-state index contributed by atoms with van der Waals surface area (Å²) in [6, 6.07) is 0. The number of amidine groups is 1. The van der Waals surface area contributed by atoms with Crippen LogP contribution in [0.2, 0.25) is 0 Å². The molecular weight excluding hydrogens is 290 g/mol. The molecule has 1 atom stereocenters. The van der Waals surface area contributed by atoms with Crippen LogP contribution in [0, 0.1) is 0 Å². The number of aliphatic hydroxyl groups is 1. The van der Waals surface area contributed by atoms with E-state index in [0.717, 1.165) is 0 Å². The van der Waals surface area contributed by atoms with Gasteiger partial charge in [-0.1, -0.05) is 0 Å². The SMILES string of the molecule is CCOC(=O)C1=CN=C2C=NC(Br)=CN2[C@@H]1O. The highest BCUT2D eigenvalue weighted by Gasteiger charge is 2.31. The fourth-order valence-electron chi connectivity index (χ4n) is 1.42. The second-order valence-corrected chi connectivity index (χ2v) is 4.10. The van der Waals surface area contributed by atoms with Crippen molar-refractivity contribution in [3.8, 4) is 0 Å². The summed E-state index contributed by atoms with van der Waals surface area (Å²) in [5.41, 5.74) is 0.0995. The third-order valence-electron chi connectivity index (χ3n) is 2.20. The minimum absolute atomic E-state index is 0.0995. The van der Waals surface area contributed by atoms with Crippen molar-refractivity contribution in [3.63, 3.8) is 0 Å². The maximum absolute atomic E-state index is 11.6. The summed E-state index contributed by atoms with van der Waals surface area (Å²) in [5.74, 6) is -0.108. The molecule has 0 unspecified atom stereocenters. The van der Waals surface area contributed by atoms with Crippen molar-refractivity contribution in [2.75, 3.05) is 6.61 Å². The zero-order valence-corrected chi connectivity index (χ0v) is 10.6. The number of fused-ring (bicyclic) bond motifs is 1. The van der Waals surface area contributed by atoms with Crippen LogP contribution in [0.3, 0.4) is 0 Å². The summed E-state index contributed by atoms with van der Waals surface area (Å²) >= 11 is 3.19. The average Bonchev–Trinajstić information content (AvgIpc) is 2.30. The molecule has 0 aromatic carbocycles. The quantitative estimate of drug-likeness (QED) is 0.603. The first-order valence-corrected chi connectivity index (χ1v) is 5.75. The van der Waals surface area contributed by atoms with Gasteiger partial charge in [-0.25, -0.2) is 14.8 Å². The molecule has 2 rings (SSSR count). The number of esters is 1. The van der Waals surface area contributed by atoms with Gasteiger partial charge in [0.15, 0.2) is 12.1 Å². The molecule has 2 heterocycles. The van der Waals surface area contributed by atoms with Crippen molar-refractivity contribution in [2.24, 2.45) is 9.98 Å². The van der Waals surface area contributed by atoms with Crippen LogP contribution in [-0.4, -0.2) is 40.9 Å². The standard InChI is InChI=1S/C10H10BrN3O3/c1-2-17-10(16)6-3-13-8-4-12-7(11)5-14(8)9(6)15/h3-5,9,15H,2H2,1H3/t9-/m1/s1. The van der Waals surface area contributed by atoms with E-state index in [2.05, 4.69) is 25.9 Å². The third kappa shape index (κ3) is 2.29. The zero-order chi connectivity index (χ0) is 12.4. The molecule has 90 valence electrons. The molecule has 0 saturated heterocycles. The Labute approximate surface area is 106 Å². The maximum Gasteiger partial charge on any atom is 0.340 e. The first-order valence-electron chi connectivity index (χ1n) is 4.96. The largest absolute Gasteiger partial charge is 0.462 e. The Kier molecular flexibility index (Phi) is 3.39. The van der Waals surface area contributed by atoms with Gasteiger partial charge in [0.1, 0.15) is 10.2 Å². The lowest BCUT2D eigenvalue weighted by Gasteiger charge is -2.30. The number of aliphatic hydroxyl groups excluding tert-OH is 1. The molecule has 0 aromatic heterocycles. The van der Waals surface area contributed by atoms with Gasteiger partial charge in [0.05, 0.1) is 12.8 Å². The molecule has 7 heteroatoms. The van der Waals surface area contributed by atoms with Gasteiger partial charge in [-0.05, 0) is 22.9 Å². The molecule has 17 heavy (non-hydrogen) atoms. The normalized spacial score (nSPS) is 22.4. The third-order valence-corrected chi connectivity index (χ3v) is 2.61. The van der Waals surface area contributed by atoms with Crippen LogP contribution in [0.1, 0.15) is 6.92 Å². The summed E-state index contributed by atoms with van der Waals surface area (Å²) in [4.78, 5) is 21.0. The summed E-state index contributed by atoms with van der Waals surface area (Å²) in [6.45, 7) is 1.95. The Bertz CT molecular complexity index is 467. The van der Waals surface area contributed by atoms with Crippen molar-refractivity contribution >= 4 is 33.9 Å². The minimum atomic E-state index is -1.11. The predicted molar refractivity (Wildman–Crippen MR) is 65.5 cm³/mol. The van der Waals surface area contributed by atoms with Gasteiger partial charge in [-0.3, -0.25) is 4.90 Å². The van der Waals surface area contributed by atoms with Crippen LogP contribution in [0.25, 0.3) is 0 Å². The highest BCUT2D eigenvalue weighted by atomic mass is 79.9. The summed E-state index contributed by atoms with van der Waals surface area (Å²) in [7, 11) is 0. The van der Waals surface area contributed by atoms with Crippen LogP contribution in [0.5, 0.6) is 0 Å². The predicted octanol–water partition coefficient (Wildman–Crippen LogP) is 0.744. The Hall–Kier alpha value is -1.47. The van der Waals surface area contributed by atoms with Crippen molar-refractivity contribution in [2.45, 2.75) is 13.2 Å². The molecule has 6 nitrogen and oxygen atoms in total. The van der Waals surface area contributed by atoms with E-state index in [-0.39, 0.29) is 12.2 Å². The number of hydrogen-bond donors (Lipinski definition) is 1. The number of halogens is 1. The van der Waals surface area contributed by atoms with E-state index < -0.39 is 12.2 Å². The minimum Gasteiger partial charge on any atom is -0.462 e. The Morgan fingerprint density at radius 2 is 2.47 bits per heavy atom. The Balaban J connectivity index is 2.28. The highest BCUT2D eigenvalue weighted by Crippen LogP contribution is 2.22. The second-order valence-electron chi connectivity index (χ2n) is 3.28. The Morgan fingerprint density at radius 3 is 3.18 bits per heavy atom. The van der Waals surface area contributed by atoms with Gasteiger partial charge in [-0.2, -0.15) is 0 Å². The van der Waals surface area contributed by atoms with Gasteiger partial charge in [0.2, 0.25) is 0 Å². The lowest BCUT2D eigenvalue weighted by atomic mass is 10.2. The first kappa shape index (κ1) is 12.0. The van der Waals surface area contributed by atoms with Crippen molar-refractivity contribution in [1.82, 2.24) is 4.90 Å². The van der Waals surface area contributed by atoms with Crippen LogP contribution < -0.4 is 0 Å². The molecule has 0 amide bonds. The Morgan fingerprint density at radius 1 is 1.71 bits per heavy atom. The van der Waals surface area contributed by atoms with Gasteiger partial charge in [0, 0.05) is 12.4 Å². The fourth-order valence-corrected chi connectivity index (χ4v) is 1.74. The number of rotatable bonds is 2. The van der Waals surface area contributed by atoms with Crippen molar-refractivity contribution in [1.29, 1.82) is 0 Å². The molecule has 0 spiro atoms. The highest BCUT2D eigenvalue weighted by molar-refractivity contribution is 9.11. The molecule has 0 fully saturated rings. The molecule has 0 bridgehead atoms. The topological polar surface area (TPSA) is 74.5 Å². The van der Waals surface area contributed by atoms with E-state index in [1.165, 1.54) is 17.3 Å². The number of carbonyl (C=O) groups is 1. The lowest BCUT2D eigenvalue weighted by Crippen LogP contribution is -2.43. The molecule has 2 aliphatic heterocycles. The zero-order valence-electron chi connectivity index (χ0n) is 9.00. The molecule has 0 radical (unpaired) electrons. The number of ether oxygens (including phenoxy) is 1. The number of nitrogens with zero attached hydrogens (tertiary/aromatic N) is 3. The first-order chi connectivity index (χ1) is 8.13. The van der Waals surface area contributed by atoms with Gasteiger partial charge >= 0.3 is 5.97 Å². The van der Waals surface area contributed by atoms with E-state index in [1.54, 1.807) is 13.1 Å². The van der Waals surface area contributed by atoms with Crippen molar-refractivity contribution in [3.05, 3.63) is 22.6 Å². The van der Waals surface area contributed by atoms with Gasteiger partial charge < -0.3 is 9.84 Å². The smallest absolute Gasteiger partial charge is 0.340 e. The molecule has 0 saturated carbocycles. The lowest BCUT2D eigenvalue weighted by molar-refractivity contribution is -0.140. The maximum atomic E-state index is 11.6. The monoisotopic (exact) mass is 299 g/mol. The van der Waals surface area contributed by atoms with Crippen LogP contribution in [-0.2, 0) is 9.53 Å². The van der Waals surface area contributed by atoms with Gasteiger partial charge in [-0.15, -0.1) is 0 Å². The number of carbonyl (C=O) groups excluding carboxylic acids is 1. The van der Waals surface area contributed by atoms with E-state index in [0.29, 0.717) is 10.4 Å². The number of hydrogen-bond acceptors (Lipinski definition) is 6. The molecular formula is C10H10BrN3O3. The molecule has 0 aromatic rings. The summed E-state index contributed by atoms with van der Waals surface area (Å²) in [5, 5.41) is 10.0. The molecule has 1 N–H and O–H groups in total. The molecule has 0 aliphatic carbocycles. The summed E-state index contributed by atoms with van der Waals surface area (Å²) in [6.07, 6.45) is 3.23. The molecule has 2 aliphatic rings.